The van der Waals surface area contributed by atoms with Crippen LogP contribution in [-0.2, 0) is 11.3 Å². The van der Waals surface area contributed by atoms with E-state index in [2.05, 4.69) is 15.0 Å². The molecule has 1 aliphatic rings. The Kier molecular flexibility index (Phi) is 4.63. The van der Waals surface area contributed by atoms with Gasteiger partial charge in [-0.15, -0.1) is 0 Å². The first-order chi connectivity index (χ1) is 10.5. The summed E-state index contributed by atoms with van der Waals surface area (Å²) in [6.45, 7) is 4.11. The highest BCUT2D eigenvalue weighted by Crippen LogP contribution is 2.32. The molecule has 0 N–H and O–H groups in total. The second-order valence-corrected chi connectivity index (χ2v) is 5.93. The van der Waals surface area contributed by atoms with E-state index in [0.29, 0.717) is 42.0 Å². The van der Waals surface area contributed by atoms with E-state index in [4.69, 9.17) is 32.5 Å². The number of benzene rings is 1. The summed E-state index contributed by atoms with van der Waals surface area (Å²) in [6, 6.07) is 2.73. The van der Waals surface area contributed by atoms with Crippen LogP contribution in [0.1, 0.15) is 23.4 Å². The van der Waals surface area contributed by atoms with Crippen molar-refractivity contribution in [3.05, 3.63) is 45.3 Å². The summed E-state index contributed by atoms with van der Waals surface area (Å²) in [4.78, 5) is 6.29. The van der Waals surface area contributed by atoms with Crippen LogP contribution >= 0.6 is 23.2 Å². The number of ether oxygens (including phenoxy) is 1. The van der Waals surface area contributed by atoms with Crippen molar-refractivity contribution < 1.29 is 13.7 Å². The van der Waals surface area contributed by atoms with Gasteiger partial charge in [0.05, 0.1) is 24.3 Å². The van der Waals surface area contributed by atoms with Gasteiger partial charge in [-0.2, -0.15) is 4.98 Å². The number of hydrogen-bond donors (Lipinski definition) is 0. The second-order valence-electron chi connectivity index (χ2n) is 5.11. The van der Waals surface area contributed by atoms with Crippen molar-refractivity contribution >= 4 is 23.2 Å². The minimum atomic E-state index is -0.504. The Balaban J connectivity index is 1.74. The Morgan fingerprint density at radius 2 is 2.18 bits per heavy atom. The SMILES string of the molecule is Cc1nc(CN2CCO[C@@H](c3cc(F)c(Cl)cc3Cl)C2)no1. The van der Waals surface area contributed by atoms with E-state index in [9.17, 15) is 4.39 Å². The lowest BCUT2D eigenvalue weighted by atomic mass is 10.1. The van der Waals surface area contributed by atoms with E-state index in [0.717, 1.165) is 6.54 Å². The highest BCUT2D eigenvalue weighted by molar-refractivity contribution is 6.35. The maximum Gasteiger partial charge on any atom is 0.223 e. The molecule has 2 aromatic rings. The van der Waals surface area contributed by atoms with Crippen molar-refractivity contribution in [1.82, 2.24) is 15.0 Å². The van der Waals surface area contributed by atoms with E-state index < -0.39 is 5.82 Å². The summed E-state index contributed by atoms with van der Waals surface area (Å²) in [5.74, 6) is 0.643. The molecule has 1 atom stereocenters. The molecule has 1 aromatic heterocycles. The molecule has 1 aromatic carbocycles. The minimum Gasteiger partial charge on any atom is -0.371 e. The first-order valence-electron chi connectivity index (χ1n) is 6.80. The quantitative estimate of drug-likeness (QED) is 0.798. The molecule has 22 heavy (non-hydrogen) atoms. The molecule has 0 spiro atoms. The summed E-state index contributed by atoms with van der Waals surface area (Å²) >= 11 is 11.9. The van der Waals surface area contributed by atoms with Gasteiger partial charge in [0.15, 0.2) is 5.82 Å². The van der Waals surface area contributed by atoms with Crippen LogP contribution in [0.4, 0.5) is 4.39 Å². The Hall–Kier alpha value is -1.21. The third kappa shape index (κ3) is 3.41. The topological polar surface area (TPSA) is 51.4 Å². The summed E-state index contributed by atoms with van der Waals surface area (Å²) in [5.41, 5.74) is 0.595. The lowest BCUT2D eigenvalue weighted by molar-refractivity contribution is -0.0339. The van der Waals surface area contributed by atoms with Crippen molar-refractivity contribution in [2.75, 3.05) is 19.7 Å². The summed E-state index contributed by atoms with van der Waals surface area (Å²) in [6.07, 6.45) is -0.319. The molecule has 0 saturated carbocycles. The van der Waals surface area contributed by atoms with E-state index in [-0.39, 0.29) is 11.1 Å². The number of nitrogens with zero attached hydrogens (tertiary/aromatic N) is 3. The molecule has 0 radical (unpaired) electrons. The second kappa shape index (κ2) is 6.50. The fourth-order valence-corrected chi connectivity index (χ4v) is 2.93. The standard InChI is InChI=1S/C14H14Cl2FN3O2/c1-8-18-14(19-22-8)7-20-2-3-21-13(6-20)9-4-12(17)11(16)5-10(9)15/h4-5,13H,2-3,6-7H2,1H3/t13-/m1/s1. The predicted octanol–water partition coefficient (Wildman–Crippen LogP) is 3.40. The number of aryl methyl sites for hydroxylation is 1. The minimum absolute atomic E-state index is 0.00341. The number of halogens is 3. The van der Waals surface area contributed by atoms with Crippen LogP contribution in [0.15, 0.2) is 16.7 Å². The average Bonchev–Trinajstić information content (AvgIpc) is 2.88. The van der Waals surface area contributed by atoms with Crippen LogP contribution in [0.3, 0.4) is 0 Å². The molecule has 1 aliphatic heterocycles. The Morgan fingerprint density at radius 3 is 2.91 bits per heavy atom. The highest BCUT2D eigenvalue weighted by atomic mass is 35.5. The van der Waals surface area contributed by atoms with Crippen molar-refractivity contribution in [1.29, 1.82) is 0 Å². The van der Waals surface area contributed by atoms with Crippen LogP contribution in [0.2, 0.25) is 10.0 Å². The van der Waals surface area contributed by atoms with Gasteiger partial charge in [-0.25, -0.2) is 4.39 Å². The molecule has 2 heterocycles. The average molecular weight is 346 g/mol. The lowest BCUT2D eigenvalue weighted by Crippen LogP contribution is -2.38. The van der Waals surface area contributed by atoms with E-state index in [1.807, 2.05) is 0 Å². The number of aromatic nitrogens is 2. The van der Waals surface area contributed by atoms with Gasteiger partial charge < -0.3 is 9.26 Å². The van der Waals surface area contributed by atoms with E-state index in [1.165, 1.54) is 12.1 Å². The molecular formula is C14H14Cl2FN3O2. The largest absolute Gasteiger partial charge is 0.371 e. The fourth-order valence-electron chi connectivity index (χ4n) is 2.42. The lowest BCUT2D eigenvalue weighted by Gasteiger charge is -2.32. The van der Waals surface area contributed by atoms with Gasteiger partial charge >= 0.3 is 0 Å². The molecule has 1 saturated heterocycles. The molecule has 0 bridgehead atoms. The summed E-state index contributed by atoms with van der Waals surface area (Å²) in [5, 5.41) is 4.28. The fraction of sp³-hybridized carbons (Fsp3) is 0.429. The summed E-state index contributed by atoms with van der Waals surface area (Å²) in [7, 11) is 0. The van der Waals surface area contributed by atoms with Gasteiger partial charge in [0.2, 0.25) is 5.89 Å². The maximum atomic E-state index is 13.7. The van der Waals surface area contributed by atoms with Crippen molar-refractivity contribution in [2.45, 2.75) is 19.6 Å². The van der Waals surface area contributed by atoms with Crippen LogP contribution in [0.5, 0.6) is 0 Å². The molecule has 5 nitrogen and oxygen atoms in total. The molecule has 3 rings (SSSR count). The van der Waals surface area contributed by atoms with Crippen molar-refractivity contribution in [2.24, 2.45) is 0 Å². The molecule has 1 fully saturated rings. The van der Waals surface area contributed by atoms with Crippen molar-refractivity contribution in [3.8, 4) is 0 Å². The Morgan fingerprint density at radius 1 is 1.36 bits per heavy atom. The smallest absolute Gasteiger partial charge is 0.223 e. The van der Waals surface area contributed by atoms with Gasteiger partial charge in [0.25, 0.3) is 0 Å². The molecular weight excluding hydrogens is 332 g/mol. The maximum absolute atomic E-state index is 13.7. The molecule has 8 heteroatoms. The van der Waals surface area contributed by atoms with E-state index in [1.54, 1.807) is 6.92 Å². The predicted molar refractivity (Wildman–Crippen MR) is 79.4 cm³/mol. The normalized spacial score (nSPS) is 19.5. The number of hydrogen-bond acceptors (Lipinski definition) is 5. The monoisotopic (exact) mass is 345 g/mol. The molecule has 118 valence electrons. The van der Waals surface area contributed by atoms with Crippen molar-refractivity contribution in [3.63, 3.8) is 0 Å². The van der Waals surface area contributed by atoms with Crippen LogP contribution in [0, 0.1) is 12.7 Å². The zero-order valence-corrected chi connectivity index (χ0v) is 13.4. The first-order valence-corrected chi connectivity index (χ1v) is 7.56. The zero-order chi connectivity index (χ0) is 15.7. The van der Waals surface area contributed by atoms with Crippen LogP contribution < -0.4 is 0 Å². The zero-order valence-electron chi connectivity index (χ0n) is 11.9. The third-order valence-electron chi connectivity index (χ3n) is 3.47. The van der Waals surface area contributed by atoms with Gasteiger partial charge in [0.1, 0.15) is 5.82 Å². The third-order valence-corrected chi connectivity index (χ3v) is 4.09. The van der Waals surface area contributed by atoms with E-state index >= 15 is 0 Å². The van der Waals surface area contributed by atoms with Crippen LogP contribution in [-0.4, -0.2) is 34.7 Å². The van der Waals surface area contributed by atoms with Gasteiger partial charge in [-0.05, 0) is 12.1 Å². The summed E-state index contributed by atoms with van der Waals surface area (Å²) < 4.78 is 24.3. The van der Waals surface area contributed by atoms with Gasteiger partial charge in [-0.1, -0.05) is 28.4 Å². The Labute approximate surface area is 137 Å². The van der Waals surface area contributed by atoms with Crippen LogP contribution in [0.25, 0.3) is 0 Å². The molecule has 0 aliphatic carbocycles. The molecule has 0 unspecified atom stereocenters. The molecule has 0 amide bonds. The Bertz CT molecular complexity index is 680. The van der Waals surface area contributed by atoms with Gasteiger partial charge in [-0.3, -0.25) is 4.90 Å². The highest BCUT2D eigenvalue weighted by Gasteiger charge is 2.25. The first kappa shape index (κ1) is 15.7. The number of rotatable bonds is 3. The number of morpholine rings is 1. The van der Waals surface area contributed by atoms with Gasteiger partial charge in [0, 0.05) is 30.6 Å².